The molecule has 0 aliphatic rings. The van der Waals surface area contributed by atoms with Crippen molar-refractivity contribution >= 4 is 23.3 Å². The molecule has 2 heterocycles. The van der Waals surface area contributed by atoms with Crippen LogP contribution in [-0.2, 0) is 12.7 Å². The van der Waals surface area contributed by atoms with Gasteiger partial charge in [0.2, 0.25) is 0 Å². The summed E-state index contributed by atoms with van der Waals surface area (Å²) in [7, 11) is 0. The molecule has 0 aliphatic heterocycles. The topological polar surface area (TPSA) is 50.7 Å². The third-order valence-electron chi connectivity index (χ3n) is 3.64. The molecule has 0 radical (unpaired) electrons. The van der Waals surface area contributed by atoms with Crippen LogP contribution in [0.25, 0.3) is 22.3 Å². The Morgan fingerprint density at radius 2 is 1.92 bits per heavy atom. The van der Waals surface area contributed by atoms with Crippen molar-refractivity contribution in [1.82, 2.24) is 14.5 Å². The molecular weight excluding hydrogens is 339 g/mol. The van der Waals surface area contributed by atoms with E-state index in [4.69, 9.17) is 12.2 Å². The first-order valence-electron chi connectivity index (χ1n) is 7.13. The van der Waals surface area contributed by atoms with E-state index in [2.05, 4.69) is 9.97 Å². The zero-order valence-electron chi connectivity index (χ0n) is 12.5. The fourth-order valence-electron chi connectivity index (χ4n) is 2.55. The molecule has 0 fully saturated rings. The molecule has 8 heteroatoms. The molecule has 0 bridgehead atoms. The number of H-pyrrole nitrogens is 1. The Morgan fingerprint density at radius 1 is 1.25 bits per heavy atom. The van der Waals surface area contributed by atoms with E-state index in [1.807, 2.05) is 0 Å². The van der Waals surface area contributed by atoms with Gasteiger partial charge >= 0.3 is 6.18 Å². The smallest absolute Gasteiger partial charge is 0.303 e. The number of hydrogen-bond donors (Lipinski definition) is 1. The second kappa shape index (κ2) is 5.86. The maximum absolute atomic E-state index is 13.5. The summed E-state index contributed by atoms with van der Waals surface area (Å²) >= 11 is 5.05. The maximum Gasteiger partial charge on any atom is 0.417 e. The molecule has 2 aromatic heterocycles. The zero-order chi connectivity index (χ0) is 17.5. The van der Waals surface area contributed by atoms with Gasteiger partial charge in [-0.05, 0) is 25.2 Å². The molecule has 0 aliphatic carbocycles. The highest BCUT2D eigenvalue weighted by molar-refractivity contribution is 7.71. The van der Waals surface area contributed by atoms with Crippen LogP contribution in [0.3, 0.4) is 0 Å². The molecule has 0 saturated heterocycles. The lowest BCUT2D eigenvalue weighted by Gasteiger charge is -2.15. The molecule has 0 spiro atoms. The van der Waals surface area contributed by atoms with Gasteiger partial charge in [-0.2, -0.15) is 13.2 Å². The van der Waals surface area contributed by atoms with Gasteiger partial charge in [0, 0.05) is 12.1 Å². The number of nitrogens with zero attached hydrogens (tertiary/aromatic N) is 2. The fourth-order valence-corrected chi connectivity index (χ4v) is 2.86. The Balaban J connectivity index is 2.52. The number of hydrogen-bond acceptors (Lipinski definition) is 3. The van der Waals surface area contributed by atoms with Crippen LogP contribution >= 0.6 is 12.2 Å². The van der Waals surface area contributed by atoms with Gasteiger partial charge in [-0.1, -0.05) is 30.3 Å². The normalized spacial score (nSPS) is 11.8. The summed E-state index contributed by atoms with van der Waals surface area (Å²) in [6.07, 6.45) is -4.69. The molecule has 3 rings (SSSR count). The van der Waals surface area contributed by atoms with E-state index in [0.717, 1.165) is 6.07 Å². The van der Waals surface area contributed by atoms with E-state index >= 15 is 0 Å². The van der Waals surface area contributed by atoms with E-state index in [9.17, 15) is 18.0 Å². The first-order chi connectivity index (χ1) is 11.3. The summed E-state index contributed by atoms with van der Waals surface area (Å²) in [4.78, 5) is 18.7. The average molecular weight is 351 g/mol. The summed E-state index contributed by atoms with van der Waals surface area (Å²) in [5.74, 6) is 0. The number of aromatic amines is 1. The molecule has 0 unspecified atom stereocenters. The lowest BCUT2D eigenvalue weighted by atomic mass is 10.1. The van der Waals surface area contributed by atoms with Gasteiger partial charge in [0.15, 0.2) is 4.77 Å². The van der Waals surface area contributed by atoms with Crippen LogP contribution in [0, 0.1) is 4.77 Å². The summed E-state index contributed by atoms with van der Waals surface area (Å²) in [5.41, 5.74) is -1.32. The largest absolute Gasteiger partial charge is 0.417 e. The first-order valence-corrected chi connectivity index (χ1v) is 7.54. The number of benzene rings is 1. The number of pyridine rings is 1. The number of rotatable bonds is 2. The van der Waals surface area contributed by atoms with Crippen LogP contribution in [0.15, 0.2) is 41.2 Å². The van der Waals surface area contributed by atoms with Crippen LogP contribution in [0.5, 0.6) is 0 Å². The molecule has 24 heavy (non-hydrogen) atoms. The molecule has 0 atom stereocenters. The van der Waals surface area contributed by atoms with Gasteiger partial charge in [0.25, 0.3) is 5.56 Å². The summed E-state index contributed by atoms with van der Waals surface area (Å²) in [6.45, 7) is 2.01. The minimum absolute atomic E-state index is 0.0424. The predicted octanol–water partition coefficient (Wildman–Crippen LogP) is 4.16. The van der Waals surface area contributed by atoms with Gasteiger partial charge in [0.1, 0.15) is 5.65 Å². The van der Waals surface area contributed by atoms with Gasteiger partial charge in [-0.3, -0.25) is 9.78 Å². The van der Waals surface area contributed by atoms with E-state index in [-0.39, 0.29) is 22.7 Å². The summed E-state index contributed by atoms with van der Waals surface area (Å²) in [5, 5.41) is -0.502. The number of aryl methyl sites for hydroxylation is 1. The maximum atomic E-state index is 13.5. The lowest BCUT2D eigenvalue weighted by molar-refractivity contribution is -0.136. The molecule has 3 aromatic rings. The first kappa shape index (κ1) is 16.4. The van der Waals surface area contributed by atoms with Crippen LogP contribution in [0.4, 0.5) is 13.2 Å². The quantitative estimate of drug-likeness (QED) is 0.706. The van der Waals surface area contributed by atoms with Crippen molar-refractivity contribution < 1.29 is 13.2 Å². The Bertz CT molecular complexity index is 1020. The van der Waals surface area contributed by atoms with Crippen LogP contribution in [0.2, 0.25) is 0 Å². The minimum atomic E-state index is -4.69. The fraction of sp³-hybridized carbons (Fsp3) is 0.188. The highest BCUT2D eigenvalue weighted by atomic mass is 32.1. The van der Waals surface area contributed by atoms with Crippen molar-refractivity contribution in [2.75, 3.05) is 0 Å². The van der Waals surface area contributed by atoms with E-state index in [0.29, 0.717) is 5.56 Å². The molecule has 1 N–H and O–H groups in total. The second-order valence-electron chi connectivity index (χ2n) is 5.12. The van der Waals surface area contributed by atoms with Crippen LogP contribution < -0.4 is 5.56 Å². The van der Waals surface area contributed by atoms with Gasteiger partial charge in [0.05, 0.1) is 16.6 Å². The summed E-state index contributed by atoms with van der Waals surface area (Å²) in [6, 6.07) is 9.39. The average Bonchev–Trinajstić information content (AvgIpc) is 2.54. The third kappa shape index (κ3) is 2.73. The molecular formula is C16H12F3N3OS. The molecule has 0 saturated carbocycles. The molecule has 124 valence electrons. The minimum Gasteiger partial charge on any atom is -0.303 e. The van der Waals surface area contributed by atoms with Crippen LogP contribution in [-0.4, -0.2) is 14.5 Å². The Hall–Kier alpha value is -2.48. The van der Waals surface area contributed by atoms with E-state index in [1.54, 1.807) is 37.3 Å². The Morgan fingerprint density at radius 3 is 2.50 bits per heavy atom. The molecule has 4 nitrogen and oxygen atoms in total. The van der Waals surface area contributed by atoms with Crippen molar-refractivity contribution in [3.63, 3.8) is 0 Å². The Labute approximate surface area is 139 Å². The van der Waals surface area contributed by atoms with Crippen molar-refractivity contribution in [2.45, 2.75) is 19.6 Å². The number of nitrogens with one attached hydrogen (secondary N) is 1. The second-order valence-corrected chi connectivity index (χ2v) is 5.51. The Kier molecular flexibility index (Phi) is 4.00. The van der Waals surface area contributed by atoms with Gasteiger partial charge < -0.3 is 4.57 Å². The van der Waals surface area contributed by atoms with Crippen molar-refractivity contribution in [3.8, 4) is 11.3 Å². The van der Waals surface area contributed by atoms with Crippen molar-refractivity contribution in [2.24, 2.45) is 0 Å². The van der Waals surface area contributed by atoms with Crippen molar-refractivity contribution in [1.29, 1.82) is 0 Å². The third-order valence-corrected chi connectivity index (χ3v) is 3.96. The number of aromatic nitrogens is 3. The van der Waals surface area contributed by atoms with E-state index < -0.39 is 22.7 Å². The van der Waals surface area contributed by atoms with E-state index in [1.165, 1.54) is 4.57 Å². The number of fused-ring (bicyclic) bond motifs is 1. The number of halogens is 3. The SMILES string of the molecule is CCn1c(=S)[nH]c(=O)c2c(C(F)(F)F)cc(-c3ccccc3)nc21. The highest BCUT2D eigenvalue weighted by Crippen LogP contribution is 2.35. The van der Waals surface area contributed by atoms with Gasteiger partial charge in [-0.15, -0.1) is 0 Å². The molecule has 1 aromatic carbocycles. The number of alkyl halides is 3. The van der Waals surface area contributed by atoms with Crippen LogP contribution in [0.1, 0.15) is 12.5 Å². The van der Waals surface area contributed by atoms with Crippen molar-refractivity contribution in [3.05, 3.63) is 57.1 Å². The van der Waals surface area contributed by atoms with Gasteiger partial charge in [-0.25, -0.2) is 4.98 Å². The monoisotopic (exact) mass is 351 g/mol. The lowest BCUT2D eigenvalue weighted by Crippen LogP contribution is -2.20. The predicted molar refractivity (Wildman–Crippen MR) is 87.3 cm³/mol. The summed E-state index contributed by atoms with van der Waals surface area (Å²) < 4.78 is 42.0. The standard InChI is InChI=1S/C16H12F3N3OS/c1-2-22-13-12(14(23)21-15(22)24)10(16(17,18)19)8-11(20-13)9-6-4-3-5-7-9/h3-8H,2H2,1H3,(H,21,23,24). The zero-order valence-corrected chi connectivity index (χ0v) is 13.3. The highest BCUT2D eigenvalue weighted by Gasteiger charge is 2.35. The molecule has 0 amide bonds.